The van der Waals surface area contributed by atoms with Crippen LogP contribution >= 0.6 is 15.9 Å². The SMILES string of the molecule is CC1CCC(n2nnnc2-c2ccc(Br)c(N)c2)C1. The van der Waals surface area contributed by atoms with Gasteiger partial charge in [0.15, 0.2) is 5.82 Å². The number of hydrogen-bond donors (Lipinski definition) is 1. The fraction of sp³-hybridized carbons (Fsp3) is 0.462. The second-order valence-electron chi connectivity index (χ2n) is 5.26. The second kappa shape index (κ2) is 4.92. The number of rotatable bonds is 2. The van der Waals surface area contributed by atoms with Gasteiger partial charge >= 0.3 is 0 Å². The molecule has 0 saturated heterocycles. The summed E-state index contributed by atoms with van der Waals surface area (Å²) < 4.78 is 2.84. The first-order chi connectivity index (χ1) is 9.15. The molecule has 3 rings (SSSR count). The molecule has 2 unspecified atom stereocenters. The highest BCUT2D eigenvalue weighted by atomic mass is 79.9. The Morgan fingerprint density at radius 2 is 2.21 bits per heavy atom. The van der Waals surface area contributed by atoms with Gasteiger partial charge in [0.05, 0.1) is 6.04 Å². The van der Waals surface area contributed by atoms with Crippen molar-refractivity contribution in [3.8, 4) is 11.4 Å². The zero-order valence-electron chi connectivity index (χ0n) is 10.8. The molecule has 100 valence electrons. The molecule has 1 fully saturated rings. The van der Waals surface area contributed by atoms with Crippen molar-refractivity contribution in [2.75, 3.05) is 5.73 Å². The number of tetrazole rings is 1. The van der Waals surface area contributed by atoms with Crippen LogP contribution in [0.1, 0.15) is 32.2 Å². The Labute approximate surface area is 120 Å². The summed E-state index contributed by atoms with van der Waals surface area (Å²) in [6.45, 7) is 2.28. The lowest BCUT2D eigenvalue weighted by Gasteiger charge is -2.12. The maximum absolute atomic E-state index is 5.93. The fourth-order valence-electron chi connectivity index (χ4n) is 2.71. The molecule has 0 spiro atoms. The number of aromatic nitrogens is 4. The van der Waals surface area contributed by atoms with Crippen LogP contribution in [0.4, 0.5) is 5.69 Å². The lowest BCUT2D eigenvalue weighted by atomic mass is 10.1. The van der Waals surface area contributed by atoms with Crippen LogP contribution in [0.15, 0.2) is 22.7 Å². The molecule has 19 heavy (non-hydrogen) atoms. The highest BCUT2D eigenvalue weighted by Gasteiger charge is 2.26. The minimum Gasteiger partial charge on any atom is -0.398 e. The molecule has 2 N–H and O–H groups in total. The van der Waals surface area contributed by atoms with E-state index in [2.05, 4.69) is 38.4 Å². The van der Waals surface area contributed by atoms with Crippen LogP contribution in [-0.4, -0.2) is 20.2 Å². The van der Waals surface area contributed by atoms with Gasteiger partial charge in [0.2, 0.25) is 0 Å². The van der Waals surface area contributed by atoms with Gasteiger partial charge in [-0.05, 0) is 69.7 Å². The van der Waals surface area contributed by atoms with Gasteiger partial charge < -0.3 is 5.73 Å². The first kappa shape index (κ1) is 12.6. The lowest BCUT2D eigenvalue weighted by Crippen LogP contribution is -2.09. The molecule has 0 amide bonds. The Balaban J connectivity index is 1.97. The van der Waals surface area contributed by atoms with E-state index in [1.807, 2.05) is 22.9 Å². The Morgan fingerprint density at radius 3 is 2.89 bits per heavy atom. The molecular formula is C13H16BrN5. The van der Waals surface area contributed by atoms with Crippen LogP contribution in [-0.2, 0) is 0 Å². The number of halogens is 1. The number of nitrogen functional groups attached to an aromatic ring is 1. The quantitative estimate of drug-likeness (QED) is 0.863. The molecule has 6 heteroatoms. The summed E-state index contributed by atoms with van der Waals surface area (Å²) in [6, 6.07) is 6.23. The first-order valence-corrected chi connectivity index (χ1v) is 7.27. The Morgan fingerprint density at radius 1 is 1.37 bits per heavy atom. The van der Waals surface area contributed by atoms with Crippen molar-refractivity contribution in [3.05, 3.63) is 22.7 Å². The van der Waals surface area contributed by atoms with Crippen molar-refractivity contribution < 1.29 is 0 Å². The monoisotopic (exact) mass is 321 g/mol. The van der Waals surface area contributed by atoms with E-state index in [0.717, 1.165) is 34.6 Å². The van der Waals surface area contributed by atoms with Crippen molar-refractivity contribution in [2.24, 2.45) is 5.92 Å². The normalized spacial score (nSPS) is 22.8. The standard InChI is InChI=1S/C13H16BrN5/c1-8-2-4-10(6-8)19-13(16-17-18-19)9-3-5-11(14)12(15)7-9/h3,5,7-8,10H,2,4,6,15H2,1H3. The van der Waals surface area contributed by atoms with Crippen molar-refractivity contribution in [3.63, 3.8) is 0 Å². The first-order valence-electron chi connectivity index (χ1n) is 6.48. The van der Waals surface area contributed by atoms with Crippen LogP contribution in [0.5, 0.6) is 0 Å². The van der Waals surface area contributed by atoms with Gasteiger partial charge in [0.25, 0.3) is 0 Å². The van der Waals surface area contributed by atoms with E-state index in [9.17, 15) is 0 Å². The molecule has 1 aliphatic rings. The van der Waals surface area contributed by atoms with E-state index in [4.69, 9.17) is 5.73 Å². The van der Waals surface area contributed by atoms with Crippen molar-refractivity contribution in [1.82, 2.24) is 20.2 Å². The zero-order chi connectivity index (χ0) is 13.4. The van der Waals surface area contributed by atoms with E-state index in [-0.39, 0.29) is 0 Å². The smallest absolute Gasteiger partial charge is 0.182 e. The third-order valence-corrected chi connectivity index (χ3v) is 4.48. The van der Waals surface area contributed by atoms with Crippen molar-refractivity contribution in [1.29, 1.82) is 0 Å². The van der Waals surface area contributed by atoms with Crippen LogP contribution in [0.25, 0.3) is 11.4 Å². The maximum Gasteiger partial charge on any atom is 0.182 e. The molecule has 1 aliphatic carbocycles. The third kappa shape index (κ3) is 2.36. The molecule has 0 radical (unpaired) electrons. The van der Waals surface area contributed by atoms with Crippen LogP contribution in [0, 0.1) is 5.92 Å². The predicted octanol–water partition coefficient (Wildman–Crippen LogP) is 3.05. The summed E-state index contributed by atoms with van der Waals surface area (Å²) in [5.41, 5.74) is 7.59. The summed E-state index contributed by atoms with van der Waals surface area (Å²) in [6.07, 6.45) is 3.53. The Bertz CT molecular complexity index is 594. The minimum atomic E-state index is 0.407. The second-order valence-corrected chi connectivity index (χ2v) is 6.11. The van der Waals surface area contributed by atoms with Gasteiger partial charge in [-0.15, -0.1) is 5.10 Å². The molecule has 2 atom stereocenters. The summed E-state index contributed by atoms with van der Waals surface area (Å²) in [4.78, 5) is 0. The van der Waals surface area contributed by atoms with E-state index >= 15 is 0 Å². The summed E-state index contributed by atoms with van der Waals surface area (Å²) >= 11 is 3.40. The van der Waals surface area contributed by atoms with Crippen molar-refractivity contribution in [2.45, 2.75) is 32.2 Å². The lowest BCUT2D eigenvalue weighted by molar-refractivity contribution is 0.443. The molecule has 1 aromatic carbocycles. The third-order valence-electron chi connectivity index (χ3n) is 3.76. The van der Waals surface area contributed by atoms with Gasteiger partial charge in [-0.1, -0.05) is 6.92 Å². The van der Waals surface area contributed by atoms with Gasteiger partial charge in [0, 0.05) is 15.7 Å². The number of hydrogen-bond acceptors (Lipinski definition) is 4. The molecule has 0 bridgehead atoms. The molecule has 2 aromatic rings. The minimum absolute atomic E-state index is 0.407. The molecule has 1 aromatic heterocycles. The summed E-state index contributed by atoms with van der Waals surface area (Å²) in [5, 5.41) is 12.2. The Hall–Kier alpha value is -1.43. The van der Waals surface area contributed by atoms with Crippen molar-refractivity contribution >= 4 is 21.6 Å². The molecule has 1 heterocycles. The average Bonchev–Trinajstić information content (AvgIpc) is 3.00. The zero-order valence-corrected chi connectivity index (χ0v) is 12.3. The van der Waals surface area contributed by atoms with E-state index in [1.54, 1.807) is 0 Å². The molecule has 5 nitrogen and oxygen atoms in total. The number of nitrogens with zero attached hydrogens (tertiary/aromatic N) is 4. The van der Waals surface area contributed by atoms with Gasteiger partial charge in [-0.3, -0.25) is 0 Å². The maximum atomic E-state index is 5.93. The number of anilines is 1. The molecular weight excluding hydrogens is 306 g/mol. The van der Waals surface area contributed by atoms with E-state index in [0.29, 0.717) is 11.7 Å². The number of benzene rings is 1. The van der Waals surface area contributed by atoms with Gasteiger partial charge in [-0.2, -0.15) is 0 Å². The largest absolute Gasteiger partial charge is 0.398 e. The summed E-state index contributed by atoms with van der Waals surface area (Å²) in [5.74, 6) is 1.55. The predicted molar refractivity (Wildman–Crippen MR) is 77.4 cm³/mol. The summed E-state index contributed by atoms with van der Waals surface area (Å²) in [7, 11) is 0. The molecule has 0 aliphatic heterocycles. The van der Waals surface area contributed by atoms with Crippen LogP contribution in [0.2, 0.25) is 0 Å². The average molecular weight is 322 g/mol. The highest BCUT2D eigenvalue weighted by Crippen LogP contribution is 2.36. The van der Waals surface area contributed by atoms with Crippen LogP contribution < -0.4 is 5.73 Å². The van der Waals surface area contributed by atoms with Gasteiger partial charge in [-0.25, -0.2) is 4.68 Å². The molecule has 1 saturated carbocycles. The number of nitrogens with two attached hydrogens (primary N) is 1. The van der Waals surface area contributed by atoms with E-state index < -0.39 is 0 Å². The highest BCUT2D eigenvalue weighted by molar-refractivity contribution is 9.10. The Kier molecular flexibility index (Phi) is 3.26. The van der Waals surface area contributed by atoms with Gasteiger partial charge in [0.1, 0.15) is 0 Å². The van der Waals surface area contributed by atoms with Crippen LogP contribution in [0.3, 0.4) is 0 Å². The fourth-order valence-corrected chi connectivity index (χ4v) is 2.96. The van der Waals surface area contributed by atoms with E-state index in [1.165, 1.54) is 6.42 Å². The topological polar surface area (TPSA) is 69.6 Å².